The molecule has 2 saturated carbocycles. The van der Waals surface area contributed by atoms with Gasteiger partial charge in [0, 0.05) is 0 Å². The molecule has 4 nitrogen and oxygen atoms in total. The highest BCUT2D eigenvalue weighted by atomic mass is 16.4. The van der Waals surface area contributed by atoms with Crippen LogP contribution in [0.15, 0.2) is 0 Å². The third-order valence-corrected chi connectivity index (χ3v) is 3.13. The summed E-state index contributed by atoms with van der Waals surface area (Å²) in [5.74, 6) is -2.62. The van der Waals surface area contributed by atoms with Crippen molar-refractivity contribution in [2.24, 2.45) is 5.41 Å². The van der Waals surface area contributed by atoms with Crippen LogP contribution in [-0.2, 0) is 9.59 Å². The van der Waals surface area contributed by atoms with Gasteiger partial charge in [-0.1, -0.05) is 12.8 Å². The number of hydrogen-bond acceptors (Lipinski definition) is 2. The van der Waals surface area contributed by atoms with Crippen LogP contribution in [0.2, 0.25) is 0 Å². The lowest BCUT2D eigenvalue weighted by atomic mass is 9.56. The Labute approximate surface area is 82.9 Å². The smallest absolute Gasteiger partial charge is 0.314 e. The molecular weight excluding hydrogens is 184 g/mol. The lowest BCUT2D eigenvalue weighted by molar-refractivity contribution is -0.147. The van der Waals surface area contributed by atoms with Gasteiger partial charge in [0.15, 0.2) is 0 Å². The van der Waals surface area contributed by atoms with Crippen molar-refractivity contribution < 1.29 is 19.8 Å². The molecule has 0 bridgehead atoms. The summed E-state index contributed by atoms with van der Waals surface area (Å²) in [4.78, 5) is 18.9. The first kappa shape index (κ1) is 11.0. The quantitative estimate of drug-likeness (QED) is 0.667. The molecule has 0 unspecified atom stereocenters. The van der Waals surface area contributed by atoms with E-state index in [1.165, 1.54) is 12.8 Å². The number of carboxylic acid groups (broad SMARTS) is 2. The van der Waals surface area contributed by atoms with E-state index < -0.39 is 18.4 Å². The van der Waals surface area contributed by atoms with E-state index in [2.05, 4.69) is 0 Å². The summed E-state index contributed by atoms with van der Waals surface area (Å²) in [5, 5.41) is 15.4. The molecule has 0 aromatic rings. The second-order valence-corrected chi connectivity index (χ2v) is 4.17. The lowest BCUT2D eigenvalue weighted by Crippen LogP contribution is -2.35. The topological polar surface area (TPSA) is 74.6 Å². The minimum atomic E-state index is -1.31. The van der Waals surface area contributed by atoms with E-state index in [1.54, 1.807) is 25.7 Å². The molecule has 0 atom stereocenters. The van der Waals surface area contributed by atoms with Gasteiger partial charge in [0.05, 0.1) is 0 Å². The summed E-state index contributed by atoms with van der Waals surface area (Å²) >= 11 is 0. The molecule has 1 spiro atoms. The van der Waals surface area contributed by atoms with E-state index in [0.29, 0.717) is 0 Å². The maximum Gasteiger partial charge on any atom is 0.314 e. The fourth-order valence-corrected chi connectivity index (χ4v) is 1.98. The molecule has 80 valence electrons. The normalized spacial score (nSPS) is 21.1. The van der Waals surface area contributed by atoms with Crippen molar-refractivity contribution in [2.45, 2.75) is 44.9 Å². The first-order valence-corrected chi connectivity index (χ1v) is 4.98. The largest absolute Gasteiger partial charge is 0.481 e. The molecule has 0 aromatic carbocycles. The summed E-state index contributed by atoms with van der Waals surface area (Å²) in [6, 6.07) is 0. The number of rotatable bonds is 2. The van der Waals surface area contributed by atoms with E-state index in [-0.39, 0.29) is 0 Å². The van der Waals surface area contributed by atoms with E-state index >= 15 is 0 Å². The minimum absolute atomic E-state index is 0.806. The van der Waals surface area contributed by atoms with Crippen molar-refractivity contribution in [1.82, 2.24) is 0 Å². The van der Waals surface area contributed by atoms with E-state index in [9.17, 15) is 9.59 Å². The Balaban J connectivity index is 0.000000140. The first-order valence-electron chi connectivity index (χ1n) is 4.98. The van der Waals surface area contributed by atoms with Crippen molar-refractivity contribution in [1.29, 1.82) is 0 Å². The minimum Gasteiger partial charge on any atom is -0.481 e. The van der Waals surface area contributed by atoms with Gasteiger partial charge in [-0.3, -0.25) is 9.59 Å². The highest BCUT2D eigenvalue weighted by Gasteiger charge is 2.41. The Morgan fingerprint density at radius 3 is 1.29 bits per heavy atom. The van der Waals surface area contributed by atoms with Gasteiger partial charge in [-0.05, 0) is 31.1 Å². The average molecular weight is 200 g/mol. The molecule has 2 aliphatic carbocycles. The number of aliphatic carboxylic acids is 2. The second-order valence-electron chi connectivity index (χ2n) is 4.17. The third kappa shape index (κ3) is 3.01. The molecule has 0 amide bonds. The van der Waals surface area contributed by atoms with Crippen LogP contribution in [0.1, 0.15) is 44.9 Å². The summed E-state index contributed by atoms with van der Waals surface area (Å²) in [6.07, 6.45) is 8.50. The third-order valence-electron chi connectivity index (χ3n) is 3.13. The molecule has 0 radical (unpaired) electrons. The van der Waals surface area contributed by atoms with Gasteiger partial charge in [0.25, 0.3) is 0 Å². The van der Waals surface area contributed by atoms with Crippen LogP contribution in [0.25, 0.3) is 0 Å². The Kier molecular flexibility index (Phi) is 3.49. The number of carbonyl (C=O) groups is 2. The lowest BCUT2D eigenvalue weighted by Gasteiger charge is -2.49. The van der Waals surface area contributed by atoms with Gasteiger partial charge in [-0.15, -0.1) is 0 Å². The number of carboxylic acids is 2. The zero-order valence-corrected chi connectivity index (χ0v) is 8.16. The van der Waals surface area contributed by atoms with Gasteiger partial charge < -0.3 is 10.2 Å². The fraction of sp³-hybridized carbons (Fsp3) is 0.800. The van der Waals surface area contributed by atoms with Gasteiger partial charge in [0.1, 0.15) is 6.42 Å². The summed E-state index contributed by atoms with van der Waals surface area (Å²) in [5.41, 5.74) is 0.944. The molecule has 14 heavy (non-hydrogen) atoms. The monoisotopic (exact) mass is 200 g/mol. The molecule has 0 aliphatic heterocycles. The van der Waals surface area contributed by atoms with E-state index in [4.69, 9.17) is 10.2 Å². The van der Waals surface area contributed by atoms with Crippen molar-refractivity contribution in [3.63, 3.8) is 0 Å². The van der Waals surface area contributed by atoms with Crippen LogP contribution >= 0.6 is 0 Å². The second kappa shape index (κ2) is 4.44. The average Bonchev–Trinajstić information content (AvgIpc) is 1.75. The summed E-state index contributed by atoms with van der Waals surface area (Å²) in [7, 11) is 0. The zero-order valence-electron chi connectivity index (χ0n) is 8.16. The molecule has 0 heterocycles. The van der Waals surface area contributed by atoms with Crippen molar-refractivity contribution in [2.75, 3.05) is 0 Å². The van der Waals surface area contributed by atoms with Crippen molar-refractivity contribution in [3.05, 3.63) is 0 Å². The molecule has 4 heteroatoms. The Morgan fingerprint density at radius 1 is 0.929 bits per heavy atom. The summed E-state index contributed by atoms with van der Waals surface area (Å²) < 4.78 is 0. The Morgan fingerprint density at radius 2 is 1.29 bits per heavy atom. The number of hydrogen-bond donors (Lipinski definition) is 2. The van der Waals surface area contributed by atoms with Gasteiger partial charge in [0.2, 0.25) is 0 Å². The maximum absolute atomic E-state index is 9.43. The molecule has 2 fully saturated rings. The molecule has 2 rings (SSSR count). The van der Waals surface area contributed by atoms with Crippen molar-refractivity contribution >= 4 is 11.9 Å². The van der Waals surface area contributed by atoms with Crippen LogP contribution in [0, 0.1) is 5.41 Å². The van der Waals surface area contributed by atoms with Crippen LogP contribution in [0.4, 0.5) is 0 Å². The van der Waals surface area contributed by atoms with Crippen LogP contribution < -0.4 is 0 Å². The highest BCUT2D eigenvalue weighted by Crippen LogP contribution is 2.55. The van der Waals surface area contributed by atoms with Crippen molar-refractivity contribution in [3.8, 4) is 0 Å². The fourth-order valence-electron chi connectivity index (χ4n) is 1.98. The van der Waals surface area contributed by atoms with E-state index in [0.717, 1.165) is 5.41 Å². The SMILES string of the molecule is C1CC2(C1)CCC2.O=C(O)CC(=O)O. The molecule has 0 saturated heterocycles. The Hall–Kier alpha value is -1.06. The summed E-state index contributed by atoms with van der Waals surface area (Å²) in [6.45, 7) is 0. The van der Waals surface area contributed by atoms with E-state index in [1.807, 2.05) is 0 Å². The van der Waals surface area contributed by atoms with Gasteiger partial charge in [-0.25, -0.2) is 0 Å². The predicted molar refractivity (Wildman–Crippen MR) is 50.0 cm³/mol. The van der Waals surface area contributed by atoms with Crippen LogP contribution in [0.5, 0.6) is 0 Å². The first-order chi connectivity index (χ1) is 6.54. The highest BCUT2D eigenvalue weighted by molar-refractivity contribution is 5.88. The molecule has 0 aromatic heterocycles. The molecular formula is C10H16O4. The van der Waals surface area contributed by atoms with Gasteiger partial charge in [-0.2, -0.15) is 0 Å². The van der Waals surface area contributed by atoms with Crippen LogP contribution in [0.3, 0.4) is 0 Å². The Bertz CT molecular complexity index is 199. The van der Waals surface area contributed by atoms with Gasteiger partial charge >= 0.3 is 11.9 Å². The molecule has 2 N–H and O–H groups in total. The standard InChI is InChI=1S/C7H12.C3H4O4/c1-3-7(4-1)5-2-6-7;4-2(5)1-3(6)7/h1-6H2;1H2,(H,4,5)(H,6,7). The van der Waals surface area contributed by atoms with Crippen LogP contribution in [-0.4, -0.2) is 22.2 Å². The predicted octanol–water partition coefficient (Wildman–Crippen LogP) is 1.89. The molecule has 2 aliphatic rings. The maximum atomic E-state index is 9.43. The zero-order chi connectivity index (χ0) is 10.6.